The minimum Gasteiger partial charge on any atom is -0.495 e. The fourth-order valence-corrected chi connectivity index (χ4v) is 2.98. The van der Waals surface area contributed by atoms with Gasteiger partial charge >= 0.3 is 0 Å². The van der Waals surface area contributed by atoms with Crippen LogP contribution in [0.2, 0.25) is 5.02 Å². The minimum absolute atomic E-state index is 0.196. The summed E-state index contributed by atoms with van der Waals surface area (Å²) in [7, 11) is 1.57. The van der Waals surface area contributed by atoms with Gasteiger partial charge in [0.15, 0.2) is 5.82 Å². The van der Waals surface area contributed by atoms with E-state index in [1.165, 1.54) is 0 Å². The summed E-state index contributed by atoms with van der Waals surface area (Å²) in [5, 5.41) is 6.65. The van der Waals surface area contributed by atoms with Crippen LogP contribution in [0, 0.1) is 0 Å². The summed E-state index contributed by atoms with van der Waals surface area (Å²) in [4.78, 5) is 21.6. The first-order valence-corrected chi connectivity index (χ1v) is 9.36. The standard InChI is InChI=1S/C21H19ClN4O2/c1-28-18-10-9-15(11-16(18)22)23-19-12-17(21(27)24-14-7-8-14)25-20(26-19)13-5-3-2-4-6-13/h2-6,9-12,14H,7-8H2,1H3,(H,24,27)(H,23,25,26). The van der Waals surface area contributed by atoms with Crippen LogP contribution in [0.5, 0.6) is 5.75 Å². The molecular weight excluding hydrogens is 376 g/mol. The first kappa shape index (κ1) is 18.3. The third-order valence-electron chi connectivity index (χ3n) is 4.33. The fourth-order valence-electron chi connectivity index (χ4n) is 2.72. The van der Waals surface area contributed by atoms with Crippen molar-refractivity contribution in [1.82, 2.24) is 15.3 Å². The molecule has 3 aromatic rings. The SMILES string of the molecule is COc1ccc(Nc2cc(C(=O)NC3CC3)nc(-c3ccccc3)n2)cc1Cl. The zero-order valence-corrected chi connectivity index (χ0v) is 16.0. The Kier molecular flexibility index (Phi) is 5.12. The number of benzene rings is 2. The number of rotatable bonds is 6. The molecule has 1 aliphatic carbocycles. The van der Waals surface area contributed by atoms with Gasteiger partial charge in [-0.1, -0.05) is 41.9 Å². The molecule has 1 fully saturated rings. The first-order chi connectivity index (χ1) is 13.6. The number of anilines is 2. The summed E-state index contributed by atoms with van der Waals surface area (Å²) in [5.41, 5.74) is 1.89. The van der Waals surface area contributed by atoms with Gasteiger partial charge in [0.2, 0.25) is 0 Å². The summed E-state index contributed by atoms with van der Waals surface area (Å²) in [6.07, 6.45) is 2.02. The van der Waals surface area contributed by atoms with E-state index in [0.717, 1.165) is 24.1 Å². The van der Waals surface area contributed by atoms with Crippen molar-refractivity contribution >= 4 is 29.0 Å². The molecule has 4 rings (SSSR count). The highest BCUT2D eigenvalue weighted by molar-refractivity contribution is 6.32. The van der Waals surface area contributed by atoms with Gasteiger partial charge in [0.25, 0.3) is 5.91 Å². The van der Waals surface area contributed by atoms with Gasteiger partial charge in [-0.05, 0) is 31.0 Å². The molecule has 0 spiro atoms. The van der Waals surface area contributed by atoms with Gasteiger partial charge in [0.05, 0.1) is 12.1 Å². The van der Waals surface area contributed by atoms with Crippen LogP contribution in [-0.4, -0.2) is 29.0 Å². The number of nitrogens with one attached hydrogen (secondary N) is 2. The average Bonchev–Trinajstić information content (AvgIpc) is 3.52. The van der Waals surface area contributed by atoms with Gasteiger partial charge in [-0.2, -0.15) is 0 Å². The number of amides is 1. The van der Waals surface area contributed by atoms with Gasteiger partial charge in [0, 0.05) is 23.4 Å². The fraction of sp³-hybridized carbons (Fsp3) is 0.190. The predicted molar refractivity (Wildman–Crippen MR) is 109 cm³/mol. The molecule has 1 aromatic heterocycles. The third-order valence-corrected chi connectivity index (χ3v) is 4.62. The number of halogens is 1. The Bertz CT molecular complexity index is 1010. The summed E-state index contributed by atoms with van der Waals surface area (Å²) in [5.74, 6) is 1.38. The van der Waals surface area contributed by atoms with E-state index < -0.39 is 0 Å². The van der Waals surface area contributed by atoms with E-state index in [9.17, 15) is 4.79 Å². The summed E-state index contributed by atoms with van der Waals surface area (Å²) >= 11 is 6.21. The molecule has 7 heteroatoms. The molecule has 0 unspecified atom stereocenters. The summed E-state index contributed by atoms with van der Waals surface area (Å²) in [6, 6.07) is 16.8. The van der Waals surface area contributed by atoms with Crippen molar-refractivity contribution in [3.8, 4) is 17.1 Å². The molecule has 0 saturated heterocycles. The normalized spacial score (nSPS) is 13.1. The van der Waals surface area contributed by atoms with E-state index in [4.69, 9.17) is 16.3 Å². The highest BCUT2D eigenvalue weighted by atomic mass is 35.5. The molecule has 0 radical (unpaired) electrons. The molecular formula is C21H19ClN4O2. The lowest BCUT2D eigenvalue weighted by atomic mass is 10.2. The Morgan fingerprint density at radius 3 is 2.57 bits per heavy atom. The van der Waals surface area contributed by atoms with Crippen LogP contribution in [0.1, 0.15) is 23.3 Å². The van der Waals surface area contributed by atoms with Gasteiger partial charge in [-0.25, -0.2) is 9.97 Å². The van der Waals surface area contributed by atoms with Crippen LogP contribution in [0.25, 0.3) is 11.4 Å². The van der Waals surface area contributed by atoms with Crippen molar-refractivity contribution in [2.75, 3.05) is 12.4 Å². The van der Waals surface area contributed by atoms with E-state index in [-0.39, 0.29) is 11.9 Å². The zero-order chi connectivity index (χ0) is 19.5. The molecule has 28 heavy (non-hydrogen) atoms. The quantitative estimate of drug-likeness (QED) is 0.646. The van der Waals surface area contributed by atoms with E-state index >= 15 is 0 Å². The number of carbonyl (C=O) groups is 1. The van der Waals surface area contributed by atoms with Gasteiger partial charge in [-0.3, -0.25) is 4.79 Å². The second-order valence-electron chi connectivity index (χ2n) is 6.55. The van der Waals surface area contributed by atoms with Crippen molar-refractivity contribution in [3.63, 3.8) is 0 Å². The van der Waals surface area contributed by atoms with Crippen LogP contribution >= 0.6 is 11.6 Å². The molecule has 0 bridgehead atoms. The number of nitrogens with zero attached hydrogens (tertiary/aromatic N) is 2. The average molecular weight is 395 g/mol. The molecule has 0 aliphatic heterocycles. The number of hydrogen-bond donors (Lipinski definition) is 2. The molecule has 2 N–H and O–H groups in total. The van der Waals surface area contributed by atoms with Crippen molar-refractivity contribution in [2.24, 2.45) is 0 Å². The van der Waals surface area contributed by atoms with Crippen LogP contribution in [0.15, 0.2) is 54.6 Å². The van der Waals surface area contributed by atoms with E-state index in [1.54, 1.807) is 25.3 Å². The van der Waals surface area contributed by atoms with Gasteiger partial charge < -0.3 is 15.4 Å². The van der Waals surface area contributed by atoms with Crippen molar-refractivity contribution in [2.45, 2.75) is 18.9 Å². The molecule has 2 aromatic carbocycles. The van der Waals surface area contributed by atoms with Crippen LogP contribution in [-0.2, 0) is 0 Å². The lowest BCUT2D eigenvalue weighted by Crippen LogP contribution is -2.26. The second-order valence-corrected chi connectivity index (χ2v) is 6.96. The van der Waals surface area contributed by atoms with Gasteiger partial charge in [-0.15, -0.1) is 0 Å². The first-order valence-electron chi connectivity index (χ1n) is 8.98. The van der Waals surface area contributed by atoms with Crippen molar-refractivity contribution in [3.05, 3.63) is 65.3 Å². The van der Waals surface area contributed by atoms with Crippen molar-refractivity contribution < 1.29 is 9.53 Å². The number of aromatic nitrogens is 2. The second kappa shape index (κ2) is 7.86. The molecule has 0 atom stereocenters. The van der Waals surface area contributed by atoms with Crippen LogP contribution in [0.4, 0.5) is 11.5 Å². The maximum Gasteiger partial charge on any atom is 0.270 e. The Morgan fingerprint density at radius 2 is 1.89 bits per heavy atom. The van der Waals surface area contributed by atoms with E-state index in [2.05, 4.69) is 20.6 Å². The highest BCUT2D eigenvalue weighted by Crippen LogP contribution is 2.29. The molecule has 6 nitrogen and oxygen atoms in total. The number of hydrogen-bond acceptors (Lipinski definition) is 5. The van der Waals surface area contributed by atoms with E-state index in [0.29, 0.717) is 28.1 Å². The van der Waals surface area contributed by atoms with Crippen molar-refractivity contribution in [1.29, 1.82) is 0 Å². The Labute approximate surface area is 167 Å². The monoisotopic (exact) mass is 394 g/mol. The number of carbonyl (C=O) groups excluding carboxylic acids is 1. The summed E-state index contributed by atoms with van der Waals surface area (Å²) in [6.45, 7) is 0. The van der Waals surface area contributed by atoms with E-state index in [1.807, 2.05) is 36.4 Å². The van der Waals surface area contributed by atoms with Crippen LogP contribution < -0.4 is 15.4 Å². The highest BCUT2D eigenvalue weighted by Gasteiger charge is 2.25. The molecule has 1 aliphatic rings. The Morgan fingerprint density at radius 1 is 1.11 bits per heavy atom. The van der Waals surface area contributed by atoms with Gasteiger partial charge in [0.1, 0.15) is 17.3 Å². The minimum atomic E-state index is -0.196. The predicted octanol–water partition coefficient (Wildman–Crippen LogP) is 4.44. The smallest absolute Gasteiger partial charge is 0.270 e. The maximum absolute atomic E-state index is 12.6. The molecule has 1 heterocycles. The maximum atomic E-state index is 12.6. The molecule has 1 saturated carbocycles. The Hall–Kier alpha value is -3.12. The number of methoxy groups -OCH3 is 1. The summed E-state index contributed by atoms with van der Waals surface area (Å²) < 4.78 is 5.18. The lowest BCUT2D eigenvalue weighted by Gasteiger charge is -2.11. The topological polar surface area (TPSA) is 76.1 Å². The zero-order valence-electron chi connectivity index (χ0n) is 15.3. The van der Waals surface area contributed by atoms with Crippen LogP contribution in [0.3, 0.4) is 0 Å². The number of ether oxygens (including phenoxy) is 1. The Balaban J connectivity index is 1.68. The molecule has 142 valence electrons. The lowest BCUT2D eigenvalue weighted by molar-refractivity contribution is 0.0946. The third kappa shape index (κ3) is 4.23. The largest absolute Gasteiger partial charge is 0.495 e. The molecule has 1 amide bonds.